The molecule has 1 aliphatic rings. The van der Waals surface area contributed by atoms with Gasteiger partial charge in [-0.2, -0.15) is 16.9 Å². The Morgan fingerprint density at radius 2 is 2.25 bits per heavy atom. The minimum atomic E-state index is 0.662. The summed E-state index contributed by atoms with van der Waals surface area (Å²) in [4.78, 5) is 0. The molecule has 1 aromatic rings. The van der Waals surface area contributed by atoms with Crippen LogP contribution in [0.5, 0.6) is 0 Å². The maximum absolute atomic E-state index is 4.43. The number of aromatic nitrogens is 2. The number of nitrogens with zero attached hydrogens (tertiary/aromatic N) is 2. The lowest BCUT2D eigenvalue weighted by atomic mass is 10.2. The molecule has 0 aliphatic carbocycles. The van der Waals surface area contributed by atoms with Crippen molar-refractivity contribution in [3.05, 3.63) is 16.0 Å². The van der Waals surface area contributed by atoms with Gasteiger partial charge >= 0.3 is 0 Å². The van der Waals surface area contributed by atoms with Crippen LogP contribution in [0.4, 0.5) is 0 Å². The van der Waals surface area contributed by atoms with E-state index in [-0.39, 0.29) is 0 Å². The second kappa shape index (κ2) is 4.00. The Morgan fingerprint density at radius 1 is 1.50 bits per heavy atom. The second-order valence-corrected chi connectivity index (χ2v) is 5.29. The van der Waals surface area contributed by atoms with Crippen LogP contribution in [-0.4, -0.2) is 21.3 Å². The summed E-state index contributed by atoms with van der Waals surface area (Å²) in [5, 5.41) is 4.43. The van der Waals surface area contributed by atoms with Crippen molar-refractivity contribution < 1.29 is 0 Å². The number of thioether (sulfide) groups is 1. The molecule has 0 aromatic carbocycles. The van der Waals surface area contributed by atoms with E-state index in [2.05, 4.69) is 56.4 Å². The average Bonchev–Trinajstić information content (AvgIpc) is 2.54. The highest BCUT2D eigenvalue weighted by Gasteiger charge is 2.15. The fraction of sp³-hybridized carbons (Fsp3) is 0.625. The first kappa shape index (κ1) is 8.87. The molecule has 2 heterocycles. The zero-order valence-corrected chi connectivity index (χ0v) is 9.72. The summed E-state index contributed by atoms with van der Waals surface area (Å²) >= 11 is 4.32. The molecule has 66 valence electrons. The van der Waals surface area contributed by atoms with Gasteiger partial charge in [-0.1, -0.05) is 0 Å². The van der Waals surface area contributed by atoms with E-state index >= 15 is 0 Å². The lowest BCUT2D eigenvalue weighted by molar-refractivity contribution is 0.425. The normalized spacial score (nSPS) is 19.8. The van der Waals surface area contributed by atoms with Crippen LogP contribution in [0.15, 0.2) is 12.3 Å². The zero-order valence-electron chi connectivity index (χ0n) is 6.74. The van der Waals surface area contributed by atoms with Crippen molar-refractivity contribution in [2.75, 3.05) is 11.5 Å². The minimum Gasteiger partial charge on any atom is -0.269 e. The van der Waals surface area contributed by atoms with E-state index in [0.717, 1.165) is 3.70 Å². The van der Waals surface area contributed by atoms with Crippen LogP contribution >= 0.6 is 34.4 Å². The van der Waals surface area contributed by atoms with E-state index in [1.54, 1.807) is 0 Å². The number of rotatable bonds is 1. The highest BCUT2D eigenvalue weighted by Crippen LogP contribution is 2.26. The molecule has 12 heavy (non-hydrogen) atoms. The molecule has 2 rings (SSSR count). The summed E-state index contributed by atoms with van der Waals surface area (Å²) in [7, 11) is 0. The highest BCUT2D eigenvalue weighted by molar-refractivity contribution is 14.1. The van der Waals surface area contributed by atoms with Crippen molar-refractivity contribution in [1.29, 1.82) is 0 Å². The van der Waals surface area contributed by atoms with Crippen molar-refractivity contribution in [2.24, 2.45) is 0 Å². The van der Waals surface area contributed by atoms with Crippen LogP contribution in [-0.2, 0) is 0 Å². The minimum absolute atomic E-state index is 0.662. The maximum Gasteiger partial charge on any atom is 0.123 e. The first-order valence-corrected chi connectivity index (χ1v) is 6.38. The molecule has 0 spiro atoms. The van der Waals surface area contributed by atoms with Gasteiger partial charge in [0.1, 0.15) is 3.70 Å². The van der Waals surface area contributed by atoms with E-state index in [4.69, 9.17) is 0 Å². The summed E-state index contributed by atoms with van der Waals surface area (Å²) in [5.74, 6) is 2.59. The Bertz CT molecular complexity index is 255. The van der Waals surface area contributed by atoms with Crippen molar-refractivity contribution >= 4 is 34.4 Å². The summed E-state index contributed by atoms with van der Waals surface area (Å²) in [6.07, 6.45) is 4.66. The zero-order chi connectivity index (χ0) is 8.39. The van der Waals surface area contributed by atoms with Gasteiger partial charge < -0.3 is 0 Å². The van der Waals surface area contributed by atoms with Crippen molar-refractivity contribution in [3.63, 3.8) is 0 Å². The smallest absolute Gasteiger partial charge is 0.123 e. The Labute approximate surface area is 90.2 Å². The topological polar surface area (TPSA) is 17.8 Å². The van der Waals surface area contributed by atoms with Crippen molar-refractivity contribution in [3.8, 4) is 0 Å². The van der Waals surface area contributed by atoms with Gasteiger partial charge in [-0.25, -0.2) is 0 Å². The molecule has 0 atom stereocenters. The van der Waals surface area contributed by atoms with Crippen molar-refractivity contribution in [2.45, 2.75) is 18.9 Å². The lowest BCUT2D eigenvalue weighted by Crippen LogP contribution is -2.15. The third kappa shape index (κ3) is 1.96. The van der Waals surface area contributed by atoms with E-state index in [0.29, 0.717) is 6.04 Å². The van der Waals surface area contributed by atoms with Crippen LogP contribution in [0.1, 0.15) is 18.9 Å². The molecule has 1 fully saturated rings. The third-order valence-electron chi connectivity index (χ3n) is 2.14. The standard InChI is InChI=1S/C8H11IN2S/c9-8-1-4-11(10-8)7-2-5-12-6-3-7/h1,4,7H,2-3,5-6H2. The first-order valence-electron chi connectivity index (χ1n) is 4.14. The predicted molar refractivity (Wildman–Crippen MR) is 60.5 cm³/mol. The molecule has 1 saturated heterocycles. The largest absolute Gasteiger partial charge is 0.269 e. The van der Waals surface area contributed by atoms with E-state index in [1.807, 2.05) is 0 Å². The molecular weight excluding hydrogens is 283 g/mol. The molecule has 2 nitrogen and oxygen atoms in total. The van der Waals surface area contributed by atoms with Gasteiger partial charge in [-0.05, 0) is 53.0 Å². The van der Waals surface area contributed by atoms with Gasteiger partial charge in [0, 0.05) is 6.20 Å². The Hall–Kier alpha value is 0.290. The molecule has 1 aromatic heterocycles. The van der Waals surface area contributed by atoms with E-state index in [1.165, 1.54) is 24.3 Å². The quantitative estimate of drug-likeness (QED) is 0.741. The number of hydrogen-bond acceptors (Lipinski definition) is 2. The van der Waals surface area contributed by atoms with Crippen LogP contribution in [0, 0.1) is 3.70 Å². The monoisotopic (exact) mass is 294 g/mol. The molecule has 0 N–H and O–H groups in total. The molecule has 0 saturated carbocycles. The van der Waals surface area contributed by atoms with Crippen LogP contribution in [0.3, 0.4) is 0 Å². The molecular formula is C8H11IN2S. The van der Waals surface area contributed by atoms with Gasteiger partial charge in [0.15, 0.2) is 0 Å². The SMILES string of the molecule is Ic1ccn(C2CCSCC2)n1. The van der Waals surface area contributed by atoms with Crippen molar-refractivity contribution in [1.82, 2.24) is 9.78 Å². The highest BCUT2D eigenvalue weighted by atomic mass is 127. The summed E-state index contributed by atoms with van der Waals surface area (Å²) in [6.45, 7) is 0. The fourth-order valence-corrected chi connectivity index (χ4v) is 2.96. The van der Waals surface area contributed by atoms with Gasteiger partial charge in [-0.3, -0.25) is 4.68 Å². The molecule has 4 heteroatoms. The fourth-order valence-electron chi connectivity index (χ4n) is 1.47. The van der Waals surface area contributed by atoms with Gasteiger partial charge in [0.2, 0.25) is 0 Å². The molecule has 0 unspecified atom stereocenters. The summed E-state index contributed by atoms with van der Waals surface area (Å²) in [6, 6.07) is 2.73. The van der Waals surface area contributed by atoms with Gasteiger partial charge in [0.25, 0.3) is 0 Å². The third-order valence-corrected chi connectivity index (χ3v) is 3.76. The number of hydrogen-bond donors (Lipinski definition) is 0. The lowest BCUT2D eigenvalue weighted by Gasteiger charge is -2.21. The van der Waals surface area contributed by atoms with Crippen LogP contribution in [0.2, 0.25) is 0 Å². The summed E-state index contributed by atoms with van der Waals surface area (Å²) in [5.41, 5.74) is 0. The molecule has 0 amide bonds. The average molecular weight is 294 g/mol. The second-order valence-electron chi connectivity index (χ2n) is 2.96. The Balaban J connectivity index is 2.08. The Kier molecular flexibility index (Phi) is 2.96. The van der Waals surface area contributed by atoms with E-state index in [9.17, 15) is 0 Å². The van der Waals surface area contributed by atoms with Crippen LogP contribution < -0.4 is 0 Å². The van der Waals surface area contributed by atoms with Crippen LogP contribution in [0.25, 0.3) is 0 Å². The molecule has 1 aliphatic heterocycles. The van der Waals surface area contributed by atoms with E-state index < -0.39 is 0 Å². The molecule has 0 radical (unpaired) electrons. The summed E-state index contributed by atoms with van der Waals surface area (Å²) < 4.78 is 3.23. The molecule has 0 bridgehead atoms. The van der Waals surface area contributed by atoms with Gasteiger partial charge in [-0.15, -0.1) is 0 Å². The predicted octanol–water partition coefficient (Wildman–Crippen LogP) is 2.56. The Morgan fingerprint density at radius 3 is 2.83 bits per heavy atom. The first-order chi connectivity index (χ1) is 5.86. The van der Waals surface area contributed by atoms with Gasteiger partial charge in [0.05, 0.1) is 6.04 Å². The number of halogens is 1. The maximum atomic E-state index is 4.43.